The van der Waals surface area contributed by atoms with Gasteiger partial charge in [-0.3, -0.25) is 0 Å². The lowest BCUT2D eigenvalue weighted by Gasteiger charge is -2.33. The van der Waals surface area contributed by atoms with Crippen LogP contribution in [0.15, 0.2) is 12.3 Å². The van der Waals surface area contributed by atoms with Gasteiger partial charge in [0.15, 0.2) is 0 Å². The SMILES string of the molecule is Cc1nccc(N2CCC3(CCCCC3)C2)n1. The first-order valence-corrected chi connectivity index (χ1v) is 6.82. The Balaban J connectivity index is 1.75. The minimum absolute atomic E-state index is 0.608. The third-order valence-electron chi connectivity index (χ3n) is 4.44. The van der Waals surface area contributed by atoms with Gasteiger partial charge in [0, 0.05) is 19.3 Å². The second kappa shape index (κ2) is 4.28. The summed E-state index contributed by atoms with van der Waals surface area (Å²) in [5, 5.41) is 0. The Hall–Kier alpha value is -1.12. The molecule has 3 heteroatoms. The fourth-order valence-corrected chi connectivity index (χ4v) is 3.46. The van der Waals surface area contributed by atoms with Crippen molar-refractivity contribution in [3.05, 3.63) is 18.1 Å². The molecule has 0 unspecified atom stereocenters. The summed E-state index contributed by atoms with van der Waals surface area (Å²) in [7, 11) is 0. The molecular weight excluding hydrogens is 210 g/mol. The van der Waals surface area contributed by atoms with Crippen molar-refractivity contribution < 1.29 is 0 Å². The first-order chi connectivity index (χ1) is 8.27. The molecule has 0 aromatic carbocycles. The normalized spacial score (nSPS) is 23.2. The van der Waals surface area contributed by atoms with Crippen LogP contribution < -0.4 is 4.90 Å². The second-order valence-electron chi connectivity index (χ2n) is 5.69. The van der Waals surface area contributed by atoms with Crippen LogP contribution >= 0.6 is 0 Å². The Bertz CT molecular complexity index is 396. The number of nitrogens with zero attached hydrogens (tertiary/aromatic N) is 3. The zero-order valence-electron chi connectivity index (χ0n) is 10.7. The van der Waals surface area contributed by atoms with Crippen molar-refractivity contribution in [3.63, 3.8) is 0 Å². The summed E-state index contributed by atoms with van der Waals surface area (Å²) in [5.74, 6) is 2.01. The van der Waals surface area contributed by atoms with Gasteiger partial charge in [-0.25, -0.2) is 9.97 Å². The number of anilines is 1. The molecule has 17 heavy (non-hydrogen) atoms. The average molecular weight is 231 g/mol. The van der Waals surface area contributed by atoms with Crippen molar-refractivity contribution in [1.82, 2.24) is 9.97 Å². The van der Waals surface area contributed by atoms with Crippen molar-refractivity contribution in [1.29, 1.82) is 0 Å². The van der Waals surface area contributed by atoms with E-state index in [9.17, 15) is 0 Å². The van der Waals surface area contributed by atoms with Crippen LogP contribution in [0.3, 0.4) is 0 Å². The predicted molar refractivity (Wildman–Crippen MR) is 69.1 cm³/mol. The molecular formula is C14H21N3. The van der Waals surface area contributed by atoms with E-state index in [1.54, 1.807) is 0 Å². The van der Waals surface area contributed by atoms with Crippen LogP contribution in [-0.2, 0) is 0 Å². The summed E-state index contributed by atoms with van der Waals surface area (Å²) in [6.07, 6.45) is 10.4. The standard InChI is InChI=1S/C14H21N3/c1-12-15-9-5-13(16-12)17-10-8-14(11-17)6-3-2-4-7-14/h5,9H,2-4,6-8,10-11H2,1H3. The van der Waals surface area contributed by atoms with Crippen molar-refractivity contribution in [2.24, 2.45) is 5.41 Å². The number of hydrogen-bond acceptors (Lipinski definition) is 3. The number of aryl methyl sites for hydroxylation is 1. The highest BCUT2D eigenvalue weighted by Crippen LogP contribution is 2.44. The topological polar surface area (TPSA) is 29.0 Å². The highest BCUT2D eigenvalue weighted by atomic mass is 15.2. The first kappa shape index (κ1) is 11.0. The third kappa shape index (κ3) is 2.15. The van der Waals surface area contributed by atoms with E-state index >= 15 is 0 Å². The maximum atomic E-state index is 4.55. The minimum Gasteiger partial charge on any atom is -0.356 e. The van der Waals surface area contributed by atoms with E-state index in [0.717, 1.165) is 11.6 Å². The molecule has 0 N–H and O–H groups in total. The second-order valence-corrected chi connectivity index (χ2v) is 5.69. The molecule has 0 bridgehead atoms. The summed E-state index contributed by atoms with van der Waals surface area (Å²) < 4.78 is 0. The monoisotopic (exact) mass is 231 g/mol. The van der Waals surface area contributed by atoms with E-state index in [0.29, 0.717) is 5.41 Å². The Kier molecular flexibility index (Phi) is 2.77. The van der Waals surface area contributed by atoms with Gasteiger partial charge in [0.1, 0.15) is 11.6 Å². The zero-order chi connectivity index (χ0) is 11.7. The van der Waals surface area contributed by atoms with Crippen molar-refractivity contribution >= 4 is 5.82 Å². The van der Waals surface area contributed by atoms with Crippen LogP contribution in [-0.4, -0.2) is 23.1 Å². The van der Waals surface area contributed by atoms with Gasteiger partial charge >= 0.3 is 0 Å². The zero-order valence-corrected chi connectivity index (χ0v) is 10.7. The van der Waals surface area contributed by atoms with Crippen LogP contribution in [0.25, 0.3) is 0 Å². The van der Waals surface area contributed by atoms with E-state index in [2.05, 4.69) is 20.9 Å². The molecule has 0 radical (unpaired) electrons. The van der Waals surface area contributed by atoms with Crippen molar-refractivity contribution in [3.8, 4) is 0 Å². The lowest BCUT2D eigenvalue weighted by atomic mass is 9.73. The number of aromatic nitrogens is 2. The molecule has 3 nitrogen and oxygen atoms in total. The molecule has 92 valence electrons. The number of hydrogen-bond donors (Lipinski definition) is 0. The summed E-state index contributed by atoms with van der Waals surface area (Å²) >= 11 is 0. The molecule has 3 rings (SSSR count). The summed E-state index contributed by atoms with van der Waals surface area (Å²) in [6.45, 7) is 4.36. The fraction of sp³-hybridized carbons (Fsp3) is 0.714. The highest BCUT2D eigenvalue weighted by Gasteiger charge is 2.39. The van der Waals surface area contributed by atoms with Gasteiger partial charge in [-0.15, -0.1) is 0 Å². The van der Waals surface area contributed by atoms with E-state index in [-0.39, 0.29) is 0 Å². The molecule has 1 aliphatic carbocycles. The predicted octanol–water partition coefficient (Wildman–Crippen LogP) is 2.95. The van der Waals surface area contributed by atoms with E-state index in [1.807, 2.05) is 13.1 Å². The van der Waals surface area contributed by atoms with Crippen molar-refractivity contribution in [2.45, 2.75) is 45.4 Å². The summed E-state index contributed by atoms with van der Waals surface area (Å²) in [5.41, 5.74) is 0.608. The van der Waals surface area contributed by atoms with Crippen molar-refractivity contribution in [2.75, 3.05) is 18.0 Å². The van der Waals surface area contributed by atoms with Gasteiger partial charge in [0.2, 0.25) is 0 Å². The van der Waals surface area contributed by atoms with Crippen LogP contribution in [0.2, 0.25) is 0 Å². The van der Waals surface area contributed by atoms with Crippen LogP contribution in [0, 0.1) is 12.3 Å². The largest absolute Gasteiger partial charge is 0.356 e. The first-order valence-electron chi connectivity index (χ1n) is 6.82. The highest BCUT2D eigenvalue weighted by molar-refractivity contribution is 5.39. The molecule has 2 aliphatic rings. The molecule has 0 amide bonds. The Labute approximate surface area is 103 Å². The Morgan fingerprint density at radius 3 is 2.76 bits per heavy atom. The summed E-state index contributed by atoms with van der Waals surface area (Å²) in [4.78, 5) is 11.2. The number of rotatable bonds is 1. The van der Waals surface area contributed by atoms with Gasteiger partial charge in [-0.05, 0) is 37.7 Å². The van der Waals surface area contributed by atoms with E-state index in [1.165, 1.54) is 51.6 Å². The molecule has 1 aliphatic heterocycles. The third-order valence-corrected chi connectivity index (χ3v) is 4.44. The summed E-state index contributed by atoms with van der Waals surface area (Å²) in [6, 6.07) is 2.05. The van der Waals surface area contributed by atoms with Crippen LogP contribution in [0.4, 0.5) is 5.82 Å². The fourth-order valence-electron chi connectivity index (χ4n) is 3.46. The molecule has 1 saturated heterocycles. The van der Waals surface area contributed by atoms with Gasteiger partial charge in [-0.1, -0.05) is 19.3 Å². The van der Waals surface area contributed by atoms with E-state index < -0.39 is 0 Å². The molecule has 1 spiro atoms. The molecule has 2 fully saturated rings. The molecule has 1 aromatic heterocycles. The van der Waals surface area contributed by atoms with Crippen LogP contribution in [0.5, 0.6) is 0 Å². The maximum absolute atomic E-state index is 4.55. The van der Waals surface area contributed by atoms with Gasteiger partial charge < -0.3 is 4.90 Å². The lowest BCUT2D eigenvalue weighted by Crippen LogP contribution is -2.29. The maximum Gasteiger partial charge on any atom is 0.132 e. The van der Waals surface area contributed by atoms with Gasteiger partial charge in [-0.2, -0.15) is 0 Å². The van der Waals surface area contributed by atoms with Gasteiger partial charge in [0.05, 0.1) is 0 Å². The quantitative estimate of drug-likeness (QED) is 0.744. The smallest absolute Gasteiger partial charge is 0.132 e. The molecule has 2 heterocycles. The molecule has 1 aromatic rings. The molecule has 1 saturated carbocycles. The Morgan fingerprint density at radius 2 is 2.00 bits per heavy atom. The minimum atomic E-state index is 0.608. The lowest BCUT2D eigenvalue weighted by molar-refractivity contribution is 0.219. The van der Waals surface area contributed by atoms with E-state index in [4.69, 9.17) is 0 Å². The van der Waals surface area contributed by atoms with Crippen LogP contribution in [0.1, 0.15) is 44.3 Å². The Morgan fingerprint density at radius 1 is 1.18 bits per heavy atom. The van der Waals surface area contributed by atoms with Gasteiger partial charge in [0.25, 0.3) is 0 Å². The average Bonchev–Trinajstić information content (AvgIpc) is 2.74. The molecule has 0 atom stereocenters.